The molecule has 1 aliphatic heterocycles. The number of anilines is 1. The first kappa shape index (κ1) is 12.2. The lowest BCUT2D eigenvalue weighted by Crippen LogP contribution is -2.41. The Morgan fingerprint density at radius 3 is 2.82 bits per heavy atom. The molecule has 2 rings (SSSR count). The highest BCUT2D eigenvalue weighted by atomic mass is 79.9. The third-order valence-corrected chi connectivity index (χ3v) is 3.52. The maximum atomic E-state index is 10.8. The van der Waals surface area contributed by atoms with Gasteiger partial charge in [0.15, 0.2) is 0 Å². The standard InChI is InChI=1S/C11H14BrN3O2/c12-10-9(2-1-5-13-10)14-8-3-6-15(7-4-8)11(16)17/h1-2,5,8,14H,3-4,6-7H2,(H,16,17). The van der Waals surface area contributed by atoms with Crippen molar-refractivity contribution in [2.75, 3.05) is 18.4 Å². The van der Waals surface area contributed by atoms with Crippen molar-refractivity contribution in [2.24, 2.45) is 0 Å². The first-order valence-electron chi connectivity index (χ1n) is 5.52. The van der Waals surface area contributed by atoms with Gasteiger partial charge in [-0.3, -0.25) is 0 Å². The maximum Gasteiger partial charge on any atom is 0.407 e. The molecule has 0 atom stereocenters. The van der Waals surface area contributed by atoms with Gasteiger partial charge in [-0.25, -0.2) is 9.78 Å². The van der Waals surface area contributed by atoms with Crippen molar-refractivity contribution in [1.29, 1.82) is 0 Å². The molecule has 0 spiro atoms. The van der Waals surface area contributed by atoms with Gasteiger partial charge in [0.1, 0.15) is 4.60 Å². The van der Waals surface area contributed by atoms with Crippen LogP contribution in [0.1, 0.15) is 12.8 Å². The molecule has 2 heterocycles. The fourth-order valence-electron chi connectivity index (χ4n) is 1.93. The van der Waals surface area contributed by atoms with Gasteiger partial charge < -0.3 is 15.3 Å². The number of pyridine rings is 1. The number of rotatable bonds is 2. The number of hydrogen-bond acceptors (Lipinski definition) is 3. The van der Waals surface area contributed by atoms with E-state index in [9.17, 15) is 4.79 Å². The predicted octanol–water partition coefficient (Wildman–Crippen LogP) is 2.40. The minimum atomic E-state index is -0.828. The zero-order chi connectivity index (χ0) is 12.3. The average Bonchev–Trinajstić information content (AvgIpc) is 2.33. The molecule has 92 valence electrons. The largest absolute Gasteiger partial charge is 0.465 e. The lowest BCUT2D eigenvalue weighted by molar-refractivity contribution is 0.134. The highest BCUT2D eigenvalue weighted by Gasteiger charge is 2.22. The molecule has 5 nitrogen and oxygen atoms in total. The van der Waals surface area contributed by atoms with Gasteiger partial charge in [0.05, 0.1) is 5.69 Å². The van der Waals surface area contributed by atoms with Crippen LogP contribution in [0.2, 0.25) is 0 Å². The number of aromatic nitrogens is 1. The molecule has 1 aromatic heterocycles. The van der Waals surface area contributed by atoms with E-state index < -0.39 is 6.09 Å². The van der Waals surface area contributed by atoms with E-state index in [4.69, 9.17) is 5.11 Å². The Labute approximate surface area is 108 Å². The van der Waals surface area contributed by atoms with E-state index in [1.54, 1.807) is 6.20 Å². The maximum absolute atomic E-state index is 10.8. The summed E-state index contributed by atoms with van der Waals surface area (Å²) in [5.41, 5.74) is 0.960. The summed E-state index contributed by atoms with van der Waals surface area (Å²) < 4.78 is 0.792. The Kier molecular flexibility index (Phi) is 3.83. The molecule has 1 fully saturated rings. The summed E-state index contributed by atoms with van der Waals surface area (Å²) in [5.74, 6) is 0. The molecule has 1 aliphatic rings. The van der Waals surface area contributed by atoms with E-state index in [0.29, 0.717) is 19.1 Å². The van der Waals surface area contributed by atoms with Crippen LogP contribution in [0.25, 0.3) is 0 Å². The first-order chi connectivity index (χ1) is 8.16. The zero-order valence-corrected chi connectivity index (χ0v) is 10.9. The molecule has 0 aromatic carbocycles. The van der Waals surface area contributed by atoms with Crippen LogP contribution in [0.5, 0.6) is 0 Å². The normalized spacial score (nSPS) is 16.9. The SMILES string of the molecule is O=C(O)N1CCC(Nc2cccnc2Br)CC1. The van der Waals surface area contributed by atoms with Gasteiger partial charge in [-0.1, -0.05) is 0 Å². The monoisotopic (exact) mass is 299 g/mol. The lowest BCUT2D eigenvalue weighted by atomic mass is 10.1. The van der Waals surface area contributed by atoms with Crippen molar-refractivity contribution in [2.45, 2.75) is 18.9 Å². The zero-order valence-electron chi connectivity index (χ0n) is 9.27. The smallest absolute Gasteiger partial charge is 0.407 e. The van der Waals surface area contributed by atoms with Crippen molar-refractivity contribution in [1.82, 2.24) is 9.88 Å². The second kappa shape index (κ2) is 5.35. The van der Waals surface area contributed by atoms with Crippen LogP contribution >= 0.6 is 15.9 Å². The quantitative estimate of drug-likeness (QED) is 0.823. The van der Waals surface area contributed by atoms with E-state index in [1.165, 1.54) is 4.90 Å². The molecule has 0 radical (unpaired) electrons. The number of nitrogens with zero attached hydrogens (tertiary/aromatic N) is 2. The number of halogens is 1. The van der Waals surface area contributed by atoms with Crippen LogP contribution in [0.4, 0.5) is 10.5 Å². The summed E-state index contributed by atoms with van der Waals surface area (Å²) in [4.78, 5) is 16.4. The minimum absolute atomic E-state index is 0.311. The van der Waals surface area contributed by atoms with Gasteiger partial charge in [-0.05, 0) is 40.9 Å². The Morgan fingerprint density at radius 2 is 2.24 bits per heavy atom. The summed E-state index contributed by atoms with van der Waals surface area (Å²) in [6.07, 6.45) is 2.55. The van der Waals surface area contributed by atoms with Crippen LogP contribution in [0, 0.1) is 0 Å². The minimum Gasteiger partial charge on any atom is -0.465 e. The van der Waals surface area contributed by atoms with Crippen molar-refractivity contribution in [3.8, 4) is 0 Å². The van der Waals surface area contributed by atoms with Gasteiger partial charge >= 0.3 is 6.09 Å². The molecule has 6 heteroatoms. The molecule has 0 aliphatic carbocycles. The Morgan fingerprint density at radius 1 is 1.53 bits per heavy atom. The van der Waals surface area contributed by atoms with Crippen LogP contribution in [0.3, 0.4) is 0 Å². The van der Waals surface area contributed by atoms with Crippen molar-refractivity contribution in [3.05, 3.63) is 22.9 Å². The second-order valence-electron chi connectivity index (χ2n) is 4.03. The van der Waals surface area contributed by atoms with Gasteiger partial charge in [0.2, 0.25) is 0 Å². The number of carbonyl (C=O) groups is 1. The average molecular weight is 300 g/mol. The molecular formula is C11H14BrN3O2. The van der Waals surface area contributed by atoms with Crippen molar-refractivity contribution < 1.29 is 9.90 Å². The highest BCUT2D eigenvalue weighted by molar-refractivity contribution is 9.10. The van der Waals surface area contributed by atoms with Crippen LogP contribution in [-0.2, 0) is 0 Å². The summed E-state index contributed by atoms with van der Waals surface area (Å²) in [7, 11) is 0. The van der Waals surface area contributed by atoms with E-state index in [2.05, 4.69) is 26.2 Å². The Balaban J connectivity index is 1.90. The number of likely N-dealkylation sites (tertiary alicyclic amines) is 1. The van der Waals surface area contributed by atoms with E-state index in [0.717, 1.165) is 23.1 Å². The van der Waals surface area contributed by atoms with E-state index in [1.807, 2.05) is 12.1 Å². The molecule has 0 bridgehead atoms. The Bertz CT molecular complexity index is 405. The fraction of sp³-hybridized carbons (Fsp3) is 0.455. The molecule has 2 N–H and O–H groups in total. The summed E-state index contributed by atoms with van der Waals surface area (Å²) >= 11 is 3.38. The molecule has 0 unspecified atom stereocenters. The fourth-order valence-corrected chi connectivity index (χ4v) is 2.29. The van der Waals surface area contributed by atoms with Gasteiger partial charge in [-0.2, -0.15) is 0 Å². The first-order valence-corrected chi connectivity index (χ1v) is 6.31. The lowest BCUT2D eigenvalue weighted by Gasteiger charge is -2.31. The van der Waals surface area contributed by atoms with Crippen molar-refractivity contribution in [3.63, 3.8) is 0 Å². The topological polar surface area (TPSA) is 65.5 Å². The van der Waals surface area contributed by atoms with E-state index >= 15 is 0 Å². The molecule has 0 saturated carbocycles. The third kappa shape index (κ3) is 3.09. The molecule has 17 heavy (non-hydrogen) atoms. The number of amides is 1. The van der Waals surface area contributed by atoms with E-state index in [-0.39, 0.29) is 0 Å². The van der Waals surface area contributed by atoms with Crippen LogP contribution < -0.4 is 5.32 Å². The number of nitrogens with one attached hydrogen (secondary N) is 1. The molecule has 1 aromatic rings. The summed E-state index contributed by atoms with van der Waals surface area (Å²) in [6, 6.07) is 4.14. The number of piperidine rings is 1. The summed E-state index contributed by atoms with van der Waals surface area (Å²) in [5, 5.41) is 12.2. The van der Waals surface area contributed by atoms with Crippen LogP contribution in [0.15, 0.2) is 22.9 Å². The highest BCUT2D eigenvalue weighted by Crippen LogP contribution is 2.22. The van der Waals surface area contributed by atoms with Gasteiger partial charge in [0.25, 0.3) is 0 Å². The second-order valence-corrected chi connectivity index (χ2v) is 4.78. The third-order valence-electron chi connectivity index (χ3n) is 2.88. The molecule has 1 amide bonds. The number of carboxylic acid groups (broad SMARTS) is 1. The predicted molar refractivity (Wildman–Crippen MR) is 68.2 cm³/mol. The van der Waals surface area contributed by atoms with Gasteiger partial charge in [0, 0.05) is 25.3 Å². The molecular weight excluding hydrogens is 286 g/mol. The Hall–Kier alpha value is -1.30. The van der Waals surface area contributed by atoms with Crippen LogP contribution in [-0.4, -0.2) is 40.2 Å². The summed E-state index contributed by atoms with van der Waals surface area (Å²) in [6.45, 7) is 1.18. The van der Waals surface area contributed by atoms with Gasteiger partial charge in [-0.15, -0.1) is 0 Å². The van der Waals surface area contributed by atoms with Crippen molar-refractivity contribution >= 4 is 27.7 Å². The number of hydrogen-bond donors (Lipinski definition) is 2. The molecule has 1 saturated heterocycles.